The van der Waals surface area contributed by atoms with E-state index >= 15 is 0 Å². The number of benzene rings is 2. The normalized spacial score (nSPS) is 28.6. The van der Waals surface area contributed by atoms with Crippen LogP contribution >= 0.6 is 0 Å². The molecule has 8 rings (SSSR count). The van der Waals surface area contributed by atoms with E-state index < -0.39 is 73.0 Å². The van der Waals surface area contributed by atoms with Crippen molar-refractivity contribution in [1.29, 1.82) is 0 Å². The number of nitrogens with two attached hydrogens (primary N) is 2. The average Bonchev–Trinajstić information content (AvgIpc) is 3.88. The summed E-state index contributed by atoms with van der Waals surface area (Å²) in [5, 5.41) is 42.1. The largest absolute Gasteiger partial charge is 0.493 e. The zero-order valence-corrected chi connectivity index (χ0v) is 30.9. The minimum absolute atomic E-state index is 0.179. The van der Waals surface area contributed by atoms with Gasteiger partial charge < -0.3 is 70.0 Å². The number of allylic oxidation sites excluding steroid dienone is 1. The van der Waals surface area contributed by atoms with Gasteiger partial charge in [0.1, 0.15) is 54.0 Å². The van der Waals surface area contributed by atoms with E-state index in [4.69, 9.17) is 49.7 Å². The second-order valence-electron chi connectivity index (χ2n) is 15.0. The number of aliphatic imine (C=N–C) groups is 1. The third kappa shape index (κ3) is 6.61. The number of hydrogen-bond donors (Lipinski definition) is 6. The van der Waals surface area contributed by atoms with Crippen molar-refractivity contribution in [3.63, 3.8) is 0 Å². The number of carbonyl (C=O) groups is 2. The van der Waals surface area contributed by atoms with E-state index in [0.29, 0.717) is 36.1 Å². The second-order valence-corrected chi connectivity index (χ2v) is 15.0. The minimum atomic E-state index is -1.86. The van der Waals surface area contributed by atoms with Crippen LogP contribution < -0.4 is 35.2 Å². The zero-order chi connectivity index (χ0) is 39.5. The fraction of sp³-hybridized carbons (Fsp3) is 0.513. The molecule has 2 fully saturated rings. The molecule has 0 amide bonds. The Morgan fingerprint density at radius 3 is 2.54 bits per heavy atom. The van der Waals surface area contributed by atoms with E-state index in [1.807, 2.05) is 24.4 Å². The number of fused-ring (bicyclic) bond motifs is 7. The standard InChI is InChI=1S/C39H46N4O13/c1-50-23-7-6-21-28-34(54-32(21)33(23)51-2)27-19(16-43-15-18-8-11-42-22(18)17-43)12-20(13-24(27)56-39(28)9-4-3-5-10-39)52-38-31(49)29(47)30(48)35(55-38)36(37(40)41)53-26(46)14-25(44)45/h6-8,11-13,17,28-31,34-38,47-49H,3-5,9-10,14-16,40-41H2,1-2H3,(H,44,45). The molecule has 1 aliphatic carbocycles. The van der Waals surface area contributed by atoms with Crippen LogP contribution in [-0.2, 0) is 25.6 Å². The predicted octanol–water partition coefficient (Wildman–Crippen LogP) is 1.50. The molecule has 56 heavy (non-hydrogen) atoms. The Hall–Kier alpha value is -4.91. The SMILES string of the molecule is COc1ccc2c(c1OC)OC1c3c(CN4C=C5N=CC=C5C4)cc(OC4OC(C(OC(=O)CC(=O)O)C(N)N)C(O)C(O)C4O)cc3OC3(CCCCC3)C21. The summed E-state index contributed by atoms with van der Waals surface area (Å²) in [5.41, 5.74) is 15.6. The monoisotopic (exact) mass is 778 g/mol. The van der Waals surface area contributed by atoms with Crippen molar-refractivity contribution >= 4 is 18.2 Å². The molecule has 1 spiro atoms. The summed E-state index contributed by atoms with van der Waals surface area (Å²) < 4.78 is 43.0. The molecule has 0 radical (unpaired) electrons. The maximum absolute atomic E-state index is 12.3. The van der Waals surface area contributed by atoms with Crippen LogP contribution in [0.3, 0.4) is 0 Å². The first-order valence-corrected chi connectivity index (χ1v) is 18.7. The fourth-order valence-electron chi connectivity index (χ4n) is 8.97. The Labute approximate surface area is 322 Å². The van der Waals surface area contributed by atoms with Crippen molar-refractivity contribution in [3.8, 4) is 28.7 Å². The molecule has 1 saturated heterocycles. The molecule has 8 N–H and O–H groups in total. The lowest BCUT2D eigenvalue weighted by Gasteiger charge is -2.48. The van der Waals surface area contributed by atoms with Crippen LogP contribution in [0, 0.1) is 0 Å². The Morgan fingerprint density at radius 1 is 1.05 bits per heavy atom. The molecule has 2 aromatic rings. The molecular formula is C39H46N4O13. The first kappa shape index (κ1) is 38.0. The zero-order valence-electron chi connectivity index (χ0n) is 30.9. The number of carboxylic acids is 1. The number of ether oxygens (including phenoxy) is 7. The van der Waals surface area contributed by atoms with Crippen molar-refractivity contribution < 1.29 is 63.2 Å². The van der Waals surface area contributed by atoms with Gasteiger partial charge in [0.25, 0.3) is 0 Å². The number of esters is 1. The molecule has 0 aromatic heterocycles. The number of hydrogen-bond acceptors (Lipinski definition) is 16. The van der Waals surface area contributed by atoms with Gasteiger partial charge in [-0.15, -0.1) is 0 Å². The van der Waals surface area contributed by atoms with Gasteiger partial charge in [0.05, 0.1) is 32.0 Å². The third-order valence-electron chi connectivity index (χ3n) is 11.5. The quantitative estimate of drug-likeness (QED) is 0.107. The molecule has 2 aromatic carbocycles. The fourth-order valence-corrected chi connectivity index (χ4v) is 8.97. The maximum atomic E-state index is 12.3. The number of aliphatic hydroxyl groups is 3. The lowest BCUT2D eigenvalue weighted by Crippen LogP contribution is -2.66. The molecule has 300 valence electrons. The summed E-state index contributed by atoms with van der Waals surface area (Å²) in [6, 6.07) is 7.40. The first-order valence-electron chi connectivity index (χ1n) is 18.7. The van der Waals surface area contributed by atoms with Crippen molar-refractivity contribution in [2.75, 3.05) is 20.8 Å². The van der Waals surface area contributed by atoms with Gasteiger partial charge >= 0.3 is 11.9 Å². The summed E-state index contributed by atoms with van der Waals surface area (Å²) in [4.78, 5) is 30.0. The van der Waals surface area contributed by atoms with Gasteiger partial charge in [-0.2, -0.15) is 0 Å². The van der Waals surface area contributed by atoms with E-state index in [1.54, 1.807) is 32.6 Å². The highest BCUT2D eigenvalue weighted by Crippen LogP contribution is 2.64. The smallest absolute Gasteiger partial charge is 0.317 e. The van der Waals surface area contributed by atoms with E-state index in [1.165, 1.54) is 0 Å². The van der Waals surface area contributed by atoms with Crippen molar-refractivity contribution in [1.82, 2.24) is 4.90 Å². The highest BCUT2D eigenvalue weighted by Gasteiger charge is 2.58. The highest BCUT2D eigenvalue weighted by molar-refractivity contribution is 5.90. The van der Waals surface area contributed by atoms with Crippen LogP contribution in [0.1, 0.15) is 67.2 Å². The molecule has 5 heterocycles. The van der Waals surface area contributed by atoms with Crippen LogP contribution in [0.25, 0.3) is 0 Å². The molecule has 17 heteroatoms. The van der Waals surface area contributed by atoms with Gasteiger partial charge in [0.15, 0.2) is 17.6 Å². The highest BCUT2D eigenvalue weighted by atomic mass is 16.7. The van der Waals surface area contributed by atoms with Gasteiger partial charge in [-0.3, -0.25) is 14.6 Å². The Kier molecular flexibility index (Phi) is 10.1. The lowest BCUT2D eigenvalue weighted by molar-refractivity contribution is -0.291. The van der Waals surface area contributed by atoms with E-state index in [0.717, 1.165) is 60.1 Å². The van der Waals surface area contributed by atoms with Crippen LogP contribution in [-0.4, -0.2) is 113 Å². The van der Waals surface area contributed by atoms with Crippen LogP contribution in [0.4, 0.5) is 0 Å². The van der Waals surface area contributed by atoms with Gasteiger partial charge in [-0.05, 0) is 49.5 Å². The third-order valence-corrected chi connectivity index (χ3v) is 11.5. The Morgan fingerprint density at radius 2 is 1.84 bits per heavy atom. The number of rotatable bonds is 11. The predicted molar refractivity (Wildman–Crippen MR) is 195 cm³/mol. The number of methoxy groups -OCH3 is 2. The summed E-state index contributed by atoms with van der Waals surface area (Å²) in [7, 11) is 3.16. The number of aliphatic carboxylic acids is 1. The lowest BCUT2D eigenvalue weighted by atomic mass is 9.68. The summed E-state index contributed by atoms with van der Waals surface area (Å²) in [6.07, 6.45) is -3.09. The Balaban J connectivity index is 1.19. The molecule has 5 aliphatic heterocycles. The van der Waals surface area contributed by atoms with Crippen LogP contribution in [0.15, 0.2) is 52.8 Å². The number of carbonyl (C=O) groups excluding carboxylic acids is 1. The topological polar surface area (TPSA) is 247 Å². The molecule has 17 nitrogen and oxygen atoms in total. The molecule has 6 aliphatic rings. The van der Waals surface area contributed by atoms with Crippen LogP contribution in [0.5, 0.6) is 28.7 Å². The summed E-state index contributed by atoms with van der Waals surface area (Å²) in [6.45, 7) is 0.995. The molecule has 0 bridgehead atoms. The van der Waals surface area contributed by atoms with Gasteiger partial charge in [0.2, 0.25) is 12.0 Å². The molecule has 8 unspecified atom stereocenters. The van der Waals surface area contributed by atoms with Crippen molar-refractivity contribution in [3.05, 3.63) is 64.5 Å². The first-order chi connectivity index (χ1) is 26.9. The van der Waals surface area contributed by atoms with Gasteiger partial charge in [0, 0.05) is 48.3 Å². The summed E-state index contributed by atoms with van der Waals surface area (Å²) >= 11 is 0. The van der Waals surface area contributed by atoms with E-state index in [9.17, 15) is 24.9 Å². The number of carboxylic acid groups (broad SMARTS) is 1. The Bertz CT molecular complexity index is 1980. The molecule has 8 atom stereocenters. The van der Waals surface area contributed by atoms with E-state index in [-0.39, 0.29) is 11.7 Å². The maximum Gasteiger partial charge on any atom is 0.317 e. The number of aliphatic hydroxyl groups excluding tert-OH is 3. The molecular weight excluding hydrogens is 732 g/mol. The minimum Gasteiger partial charge on any atom is -0.493 e. The van der Waals surface area contributed by atoms with Crippen LogP contribution in [0.2, 0.25) is 0 Å². The van der Waals surface area contributed by atoms with Gasteiger partial charge in [-0.25, -0.2) is 0 Å². The summed E-state index contributed by atoms with van der Waals surface area (Å²) in [5.74, 6) is -0.487. The van der Waals surface area contributed by atoms with Crippen molar-refractivity contribution in [2.24, 2.45) is 16.5 Å². The average molecular weight is 779 g/mol. The number of nitrogens with zero attached hydrogens (tertiary/aromatic N) is 2. The van der Waals surface area contributed by atoms with Gasteiger partial charge in [-0.1, -0.05) is 12.5 Å². The van der Waals surface area contributed by atoms with E-state index in [2.05, 4.69) is 9.89 Å². The van der Waals surface area contributed by atoms with Crippen molar-refractivity contribution in [2.45, 2.75) is 106 Å². The second kappa shape index (κ2) is 14.9. The molecule has 1 saturated carbocycles.